The van der Waals surface area contributed by atoms with E-state index in [1.165, 1.54) is 128 Å². The zero-order chi connectivity index (χ0) is 42.3. The van der Waals surface area contributed by atoms with Crippen LogP contribution in [-0.2, 0) is 14.3 Å². The van der Waals surface area contributed by atoms with Crippen LogP contribution in [0.4, 0.5) is 0 Å². The Balaban J connectivity index is 3.54. The summed E-state index contributed by atoms with van der Waals surface area (Å²) in [5.74, 6) is -0.111. The number of unbranched alkanes of at least 4 members (excludes halogenated alkanes) is 29. The van der Waals surface area contributed by atoms with Gasteiger partial charge in [0, 0.05) is 12.8 Å². The quantitative estimate of drug-likeness (QED) is 0.0323. The number of nitrogens with one attached hydrogen (secondary N) is 1. The van der Waals surface area contributed by atoms with Crippen LogP contribution in [0.2, 0.25) is 0 Å². The van der Waals surface area contributed by atoms with Gasteiger partial charge < -0.3 is 20.3 Å². The molecule has 0 aromatic rings. The molecule has 340 valence electrons. The lowest BCUT2D eigenvalue weighted by Crippen LogP contribution is -2.45. The van der Waals surface area contributed by atoms with Gasteiger partial charge in [-0.3, -0.25) is 9.59 Å². The summed E-state index contributed by atoms with van der Waals surface area (Å²) in [6, 6.07) is -0.563. The molecule has 0 saturated heterocycles. The Kier molecular flexibility index (Phi) is 46.2. The molecule has 6 nitrogen and oxygen atoms in total. The summed E-state index contributed by atoms with van der Waals surface area (Å²) >= 11 is 0. The van der Waals surface area contributed by atoms with E-state index < -0.39 is 12.1 Å². The third-order valence-electron chi connectivity index (χ3n) is 11.4. The van der Waals surface area contributed by atoms with Gasteiger partial charge >= 0.3 is 5.97 Å². The normalized spacial score (nSPS) is 13.0. The Morgan fingerprint density at radius 2 is 0.862 bits per heavy atom. The minimum absolute atomic E-state index is 0.0456. The van der Waals surface area contributed by atoms with Gasteiger partial charge in [0.1, 0.15) is 0 Å². The third kappa shape index (κ3) is 43.7. The highest BCUT2D eigenvalue weighted by Gasteiger charge is 2.20. The van der Waals surface area contributed by atoms with Crippen molar-refractivity contribution in [2.24, 2.45) is 0 Å². The second kappa shape index (κ2) is 47.8. The molecule has 0 saturated carbocycles. The summed E-state index contributed by atoms with van der Waals surface area (Å²) in [5.41, 5.74) is 0. The second-order valence-electron chi connectivity index (χ2n) is 17.1. The molecule has 58 heavy (non-hydrogen) atoms. The van der Waals surface area contributed by atoms with Crippen molar-refractivity contribution in [3.8, 4) is 0 Å². The SMILES string of the molecule is CCCCC/C=C\C/C=C\CCCCCCCC(=O)OCCCC/C=C\CCCCCCCC(=O)NC(CO)C(O)CCCCCCCCCCCCCCCCC. The maximum absolute atomic E-state index is 12.4. The van der Waals surface area contributed by atoms with Crippen molar-refractivity contribution >= 4 is 11.9 Å². The van der Waals surface area contributed by atoms with E-state index >= 15 is 0 Å². The molecule has 0 aliphatic rings. The first-order chi connectivity index (χ1) is 28.5. The first kappa shape index (κ1) is 56.1. The van der Waals surface area contributed by atoms with Crippen molar-refractivity contribution in [3.63, 3.8) is 0 Å². The zero-order valence-corrected chi connectivity index (χ0v) is 38.5. The Morgan fingerprint density at radius 3 is 1.36 bits per heavy atom. The van der Waals surface area contributed by atoms with Crippen molar-refractivity contribution in [2.75, 3.05) is 13.2 Å². The number of hydrogen-bond donors (Lipinski definition) is 3. The molecule has 1 amide bonds. The van der Waals surface area contributed by atoms with Crippen molar-refractivity contribution in [2.45, 2.75) is 270 Å². The monoisotopic (exact) mass is 816 g/mol. The number of ether oxygens (including phenoxy) is 1. The molecular weight excluding hydrogens is 719 g/mol. The highest BCUT2D eigenvalue weighted by Crippen LogP contribution is 2.16. The predicted molar refractivity (Wildman–Crippen MR) is 250 cm³/mol. The van der Waals surface area contributed by atoms with Crippen LogP contribution < -0.4 is 5.32 Å². The molecule has 0 aromatic carbocycles. The number of hydrogen-bond acceptors (Lipinski definition) is 5. The molecular formula is C52H97NO5. The van der Waals surface area contributed by atoms with Crippen molar-refractivity contribution in [1.82, 2.24) is 5.32 Å². The van der Waals surface area contributed by atoms with Gasteiger partial charge in [-0.2, -0.15) is 0 Å². The van der Waals surface area contributed by atoms with Crippen molar-refractivity contribution < 1.29 is 24.5 Å². The lowest BCUT2D eigenvalue weighted by atomic mass is 10.0. The van der Waals surface area contributed by atoms with E-state index in [1.54, 1.807) is 0 Å². The average Bonchev–Trinajstić information content (AvgIpc) is 3.22. The second-order valence-corrected chi connectivity index (χ2v) is 17.1. The maximum Gasteiger partial charge on any atom is 0.305 e. The molecule has 0 rings (SSSR count). The van der Waals surface area contributed by atoms with Crippen molar-refractivity contribution in [1.29, 1.82) is 0 Å². The summed E-state index contributed by atoms with van der Waals surface area (Å²) in [6.45, 7) is 4.83. The first-order valence-corrected chi connectivity index (χ1v) is 25.2. The Morgan fingerprint density at radius 1 is 0.483 bits per heavy atom. The van der Waals surface area contributed by atoms with Crippen LogP contribution in [0.25, 0.3) is 0 Å². The number of rotatable bonds is 46. The molecule has 0 radical (unpaired) electrons. The topological polar surface area (TPSA) is 95.9 Å². The molecule has 3 N–H and O–H groups in total. The first-order valence-electron chi connectivity index (χ1n) is 25.2. The summed E-state index contributed by atoms with van der Waals surface area (Å²) < 4.78 is 5.42. The van der Waals surface area contributed by atoms with Gasteiger partial charge in [0.25, 0.3) is 0 Å². The minimum atomic E-state index is -0.683. The lowest BCUT2D eigenvalue weighted by Gasteiger charge is -2.22. The number of aliphatic hydroxyl groups is 2. The number of aliphatic hydroxyl groups excluding tert-OH is 2. The van der Waals surface area contributed by atoms with Crippen LogP contribution in [-0.4, -0.2) is 47.4 Å². The fourth-order valence-electron chi connectivity index (χ4n) is 7.49. The van der Waals surface area contributed by atoms with Crippen LogP contribution in [0, 0.1) is 0 Å². The van der Waals surface area contributed by atoms with E-state index in [2.05, 4.69) is 55.6 Å². The van der Waals surface area contributed by atoms with Crippen molar-refractivity contribution in [3.05, 3.63) is 36.5 Å². The van der Waals surface area contributed by atoms with E-state index in [0.29, 0.717) is 25.9 Å². The van der Waals surface area contributed by atoms with Crippen LogP contribution in [0.5, 0.6) is 0 Å². The molecule has 0 aliphatic carbocycles. The molecule has 2 atom stereocenters. The summed E-state index contributed by atoms with van der Waals surface area (Å²) in [6.07, 6.45) is 56.8. The fraction of sp³-hybridized carbons (Fsp3) is 0.846. The summed E-state index contributed by atoms with van der Waals surface area (Å²) in [7, 11) is 0. The number of amides is 1. The minimum Gasteiger partial charge on any atom is -0.466 e. The van der Waals surface area contributed by atoms with Gasteiger partial charge in [0.05, 0.1) is 25.4 Å². The Hall–Kier alpha value is -1.92. The molecule has 0 spiro atoms. The maximum atomic E-state index is 12.4. The van der Waals surface area contributed by atoms with Crippen LogP contribution in [0.3, 0.4) is 0 Å². The standard InChI is InChI=1S/C52H97NO5/c1-3-5-7-9-11-13-15-17-19-21-24-28-32-36-40-44-50(55)49(48-54)53-51(56)45-41-37-33-29-25-23-27-31-35-39-43-47-58-52(57)46-42-38-34-30-26-22-20-18-16-14-12-10-8-6-4-2/h12,14,18,20,27,31,49-50,54-55H,3-11,13,15-17,19,21-26,28-30,32-48H2,1-2H3,(H,53,56)/b14-12-,20-18-,31-27-. The highest BCUT2D eigenvalue weighted by atomic mass is 16.5. The Bertz CT molecular complexity index is 946. The lowest BCUT2D eigenvalue weighted by molar-refractivity contribution is -0.143. The average molecular weight is 816 g/mol. The highest BCUT2D eigenvalue weighted by molar-refractivity contribution is 5.76. The van der Waals surface area contributed by atoms with Gasteiger partial charge in [0.15, 0.2) is 0 Å². The molecule has 0 aliphatic heterocycles. The van der Waals surface area contributed by atoms with E-state index in [4.69, 9.17) is 4.74 Å². The summed E-state index contributed by atoms with van der Waals surface area (Å²) in [4.78, 5) is 24.4. The summed E-state index contributed by atoms with van der Waals surface area (Å²) in [5, 5.41) is 23.2. The number of carbonyl (C=O) groups excluding carboxylic acids is 2. The van der Waals surface area contributed by atoms with Gasteiger partial charge in [0.2, 0.25) is 5.91 Å². The third-order valence-corrected chi connectivity index (χ3v) is 11.4. The molecule has 6 heteroatoms. The van der Waals surface area contributed by atoms with E-state index in [9.17, 15) is 19.8 Å². The molecule has 2 unspecified atom stereocenters. The van der Waals surface area contributed by atoms with E-state index in [0.717, 1.165) is 96.3 Å². The van der Waals surface area contributed by atoms with Gasteiger partial charge in [-0.05, 0) is 83.5 Å². The smallest absolute Gasteiger partial charge is 0.305 e. The molecule has 0 aromatic heterocycles. The van der Waals surface area contributed by atoms with Gasteiger partial charge in [-0.25, -0.2) is 0 Å². The molecule has 0 fully saturated rings. The predicted octanol–water partition coefficient (Wildman–Crippen LogP) is 14.9. The molecule has 0 bridgehead atoms. The number of carbonyl (C=O) groups is 2. The number of allylic oxidation sites excluding steroid dienone is 6. The fourth-order valence-corrected chi connectivity index (χ4v) is 7.49. The van der Waals surface area contributed by atoms with Crippen LogP contribution in [0.1, 0.15) is 258 Å². The largest absolute Gasteiger partial charge is 0.466 e. The van der Waals surface area contributed by atoms with Crippen LogP contribution >= 0.6 is 0 Å². The molecule has 0 heterocycles. The zero-order valence-electron chi connectivity index (χ0n) is 38.5. The van der Waals surface area contributed by atoms with Crippen LogP contribution in [0.15, 0.2) is 36.5 Å². The van der Waals surface area contributed by atoms with Gasteiger partial charge in [-0.15, -0.1) is 0 Å². The Labute approximate surface area is 360 Å². The van der Waals surface area contributed by atoms with E-state index in [-0.39, 0.29) is 18.5 Å². The van der Waals surface area contributed by atoms with Gasteiger partial charge in [-0.1, -0.05) is 198 Å². The van der Waals surface area contributed by atoms with E-state index in [1.807, 2.05) is 0 Å². The number of esters is 1.